The third-order valence-corrected chi connectivity index (χ3v) is 4.98. The molecule has 30 heavy (non-hydrogen) atoms. The van der Waals surface area contributed by atoms with Gasteiger partial charge in [-0.1, -0.05) is 24.3 Å². The third kappa shape index (κ3) is 5.64. The van der Waals surface area contributed by atoms with E-state index in [9.17, 15) is 0 Å². The minimum absolute atomic E-state index is 0.410. The Morgan fingerprint density at radius 3 is 2.63 bits per heavy atom. The summed E-state index contributed by atoms with van der Waals surface area (Å²) in [6, 6.07) is 15.4. The van der Waals surface area contributed by atoms with Crippen molar-refractivity contribution in [2.24, 2.45) is 0 Å². The fraction of sp³-hybridized carbons (Fsp3) is 0.273. The molecule has 0 saturated carbocycles. The number of thiocarbonyl (C=S) groups is 1. The normalized spacial score (nSPS) is 13.5. The van der Waals surface area contributed by atoms with E-state index in [1.54, 1.807) is 12.4 Å². The van der Waals surface area contributed by atoms with Gasteiger partial charge in [0.25, 0.3) is 0 Å². The average molecular weight is 421 g/mol. The Balaban J connectivity index is 1.49. The topological polar surface area (TPSA) is 75.2 Å². The molecule has 3 aromatic rings. The van der Waals surface area contributed by atoms with Gasteiger partial charge in [0.2, 0.25) is 11.8 Å². The SMILES string of the molecule is S=C(NCc1cccnc1)Nc1nc(Oc2ccccc2)cc(N2CCCCC2)n1. The summed E-state index contributed by atoms with van der Waals surface area (Å²) >= 11 is 5.43. The fourth-order valence-corrected chi connectivity index (χ4v) is 3.41. The molecule has 8 heteroatoms. The van der Waals surface area contributed by atoms with Gasteiger partial charge in [-0.3, -0.25) is 4.98 Å². The molecule has 3 heterocycles. The molecule has 0 aliphatic carbocycles. The van der Waals surface area contributed by atoms with Gasteiger partial charge < -0.3 is 20.3 Å². The van der Waals surface area contributed by atoms with Gasteiger partial charge in [0.05, 0.1) is 0 Å². The Labute approximate surface area is 181 Å². The van der Waals surface area contributed by atoms with E-state index in [1.807, 2.05) is 48.5 Å². The van der Waals surface area contributed by atoms with E-state index in [1.165, 1.54) is 6.42 Å². The average Bonchev–Trinajstić information content (AvgIpc) is 2.79. The summed E-state index contributed by atoms with van der Waals surface area (Å²) < 4.78 is 5.97. The van der Waals surface area contributed by atoms with Crippen molar-refractivity contribution < 1.29 is 4.74 Å². The zero-order valence-electron chi connectivity index (χ0n) is 16.6. The summed E-state index contributed by atoms with van der Waals surface area (Å²) in [6.45, 7) is 2.52. The van der Waals surface area contributed by atoms with Crippen LogP contribution in [-0.2, 0) is 6.54 Å². The number of benzene rings is 1. The lowest BCUT2D eigenvalue weighted by molar-refractivity contribution is 0.461. The van der Waals surface area contributed by atoms with Crippen LogP contribution in [0.5, 0.6) is 11.6 Å². The number of para-hydroxylation sites is 1. The lowest BCUT2D eigenvalue weighted by Crippen LogP contribution is -2.31. The monoisotopic (exact) mass is 420 g/mol. The number of hydrogen-bond acceptors (Lipinski definition) is 6. The second-order valence-electron chi connectivity index (χ2n) is 7.02. The molecule has 2 aromatic heterocycles. The van der Waals surface area contributed by atoms with Crippen molar-refractivity contribution in [3.8, 4) is 11.6 Å². The number of nitrogens with one attached hydrogen (secondary N) is 2. The number of aromatic nitrogens is 3. The molecule has 4 rings (SSSR count). The van der Waals surface area contributed by atoms with Gasteiger partial charge in [-0.2, -0.15) is 9.97 Å². The summed E-state index contributed by atoms with van der Waals surface area (Å²) in [5.74, 6) is 2.46. The molecule has 0 atom stereocenters. The minimum atomic E-state index is 0.410. The van der Waals surface area contributed by atoms with Crippen molar-refractivity contribution in [2.75, 3.05) is 23.3 Å². The van der Waals surface area contributed by atoms with Crippen LogP contribution in [0.15, 0.2) is 60.9 Å². The standard InChI is InChI=1S/C22H24N6OS/c30-22(24-16-17-8-7-11-23-15-17)27-21-25-19(28-12-5-2-6-13-28)14-20(26-21)29-18-9-3-1-4-10-18/h1,3-4,7-11,14-15H,2,5-6,12-13,16H2,(H2,24,25,26,27,30). The van der Waals surface area contributed by atoms with Crippen LogP contribution in [0.2, 0.25) is 0 Å². The molecular formula is C22H24N6OS. The van der Waals surface area contributed by atoms with Gasteiger partial charge in [0.15, 0.2) is 5.11 Å². The molecule has 0 bridgehead atoms. The molecule has 7 nitrogen and oxygen atoms in total. The molecular weight excluding hydrogens is 396 g/mol. The van der Waals surface area contributed by atoms with Gasteiger partial charge >= 0.3 is 0 Å². The zero-order chi connectivity index (χ0) is 20.6. The highest BCUT2D eigenvalue weighted by Gasteiger charge is 2.16. The quantitative estimate of drug-likeness (QED) is 0.577. The van der Waals surface area contributed by atoms with E-state index in [4.69, 9.17) is 17.0 Å². The molecule has 2 N–H and O–H groups in total. The highest BCUT2D eigenvalue weighted by Crippen LogP contribution is 2.26. The number of pyridine rings is 1. The van der Waals surface area contributed by atoms with Crippen molar-refractivity contribution >= 4 is 29.1 Å². The summed E-state index contributed by atoms with van der Waals surface area (Å²) in [5.41, 5.74) is 1.04. The smallest absolute Gasteiger partial charge is 0.234 e. The summed E-state index contributed by atoms with van der Waals surface area (Å²) in [6.07, 6.45) is 7.12. The van der Waals surface area contributed by atoms with E-state index in [-0.39, 0.29) is 0 Å². The first kappa shape index (κ1) is 20.0. The molecule has 1 saturated heterocycles. The Bertz CT molecular complexity index is 964. The maximum absolute atomic E-state index is 5.97. The molecule has 0 radical (unpaired) electrons. The number of rotatable bonds is 6. The second kappa shape index (κ2) is 9.98. The molecule has 1 aromatic carbocycles. The third-order valence-electron chi connectivity index (χ3n) is 4.74. The number of piperidine rings is 1. The van der Waals surface area contributed by atoms with Gasteiger partial charge in [0.1, 0.15) is 11.6 Å². The summed E-state index contributed by atoms with van der Waals surface area (Å²) in [4.78, 5) is 15.6. The van der Waals surface area contributed by atoms with Gasteiger partial charge in [0, 0.05) is 38.1 Å². The van der Waals surface area contributed by atoms with Crippen LogP contribution < -0.4 is 20.3 Å². The second-order valence-corrected chi connectivity index (χ2v) is 7.43. The first-order valence-corrected chi connectivity index (χ1v) is 10.5. The Morgan fingerprint density at radius 2 is 1.87 bits per heavy atom. The van der Waals surface area contributed by atoms with Gasteiger partial charge in [-0.15, -0.1) is 0 Å². The Hall–Kier alpha value is -3.26. The fourth-order valence-electron chi connectivity index (χ4n) is 3.25. The largest absolute Gasteiger partial charge is 0.439 e. The molecule has 0 unspecified atom stereocenters. The maximum atomic E-state index is 5.97. The van der Waals surface area contributed by atoms with Crippen LogP contribution in [0.4, 0.5) is 11.8 Å². The van der Waals surface area contributed by atoms with Crippen LogP contribution in [0, 0.1) is 0 Å². The van der Waals surface area contributed by atoms with Crippen molar-refractivity contribution in [3.05, 3.63) is 66.5 Å². The predicted octanol–water partition coefficient (Wildman–Crippen LogP) is 4.14. The van der Waals surface area contributed by atoms with Crippen LogP contribution >= 0.6 is 12.2 Å². The molecule has 0 amide bonds. The number of hydrogen-bond donors (Lipinski definition) is 2. The highest BCUT2D eigenvalue weighted by atomic mass is 32.1. The molecule has 1 aliphatic heterocycles. The first-order chi connectivity index (χ1) is 14.8. The Kier molecular flexibility index (Phi) is 6.66. The van der Waals surface area contributed by atoms with Crippen molar-refractivity contribution in [1.29, 1.82) is 0 Å². The van der Waals surface area contributed by atoms with E-state index in [0.717, 1.165) is 43.1 Å². The van der Waals surface area contributed by atoms with E-state index < -0.39 is 0 Å². The number of nitrogens with zero attached hydrogens (tertiary/aromatic N) is 4. The maximum Gasteiger partial charge on any atom is 0.234 e. The van der Waals surface area contributed by atoms with Crippen molar-refractivity contribution in [3.63, 3.8) is 0 Å². The molecule has 154 valence electrons. The molecule has 1 aliphatic rings. The van der Waals surface area contributed by atoms with Crippen LogP contribution in [0.3, 0.4) is 0 Å². The first-order valence-electron chi connectivity index (χ1n) is 10.1. The summed E-state index contributed by atoms with van der Waals surface area (Å²) in [7, 11) is 0. The van der Waals surface area contributed by atoms with Crippen LogP contribution in [-0.4, -0.2) is 33.2 Å². The van der Waals surface area contributed by atoms with Crippen LogP contribution in [0.25, 0.3) is 0 Å². The highest BCUT2D eigenvalue weighted by molar-refractivity contribution is 7.80. The molecule has 1 fully saturated rings. The molecule has 0 spiro atoms. The zero-order valence-corrected chi connectivity index (χ0v) is 17.4. The summed E-state index contributed by atoms with van der Waals surface area (Å²) in [5, 5.41) is 6.70. The van der Waals surface area contributed by atoms with Gasteiger partial charge in [-0.25, -0.2) is 0 Å². The Morgan fingerprint density at radius 1 is 1.03 bits per heavy atom. The minimum Gasteiger partial charge on any atom is -0.439 e. The van der Waals surface area contributed by atoms with E-state index in [2.05, 4.69) is 30.5 Å². The predicted molar refractivity (Wildman–Crippen MR) is 122 cm³/mol. The number of anilines is 2. The van der Waals surface area contributed by atoms with E-state index in [0.29, 0.717) is 23.5 Å². The van der Waals surface area contributed by atoms with Crippen molar-refractivity contribution in [2.45, 2.75) is 25.8 Å². The van der Waals surface area contributed by atoms with Gasteiger partial charge in [-0.05, 0) is 55.2 Å². The lowest BCUT2D eigenvalue weighted by Gasteiger charge is -2.28. The van der Waals surface area contributed by atoms with E-state index >= 15 is 0 Å². The van der Waals surface area contributed by atoms with Crippen LogP contribution in [0.1, 0.15) is 24.8 Å². The lowest BCUT2D eigenvalue weighted by atomic mass is 10.1. The van der Waals surface area contributed by atoms with Crippen molar-refractivity contribution in [1.82, 2.24) is 20.3 Å². The number of ether oxygens (including phenoxy) is 1.